The van der Waals surface area contributed by atoms with Gasteiger partial charge in [-0.05, 0) is 18.8 Å². The normalized spacial score (nSPS) is 19.2. The van der Waals surface area contributed by atoms with E-state index in [1.54, 1.807) is 0 Å². The smallest absolute Gasteiger partial charge is 0.317 e. The van der Waals surface area contributed by atoms with Crippen LogP contribution in [0.4, 0.5) is 0 Å². The summed E-state index contributed by atoms with van der Waals surface area (Å²) in [6.07, 6.45) is 1.47. The van der Waals surface area contributed by atoms with Gasteiger partial charge in [-0.15, -0.1) is 0 Å². The van der Waals surface area contributed by atoms with Gasteiger partial charge in [0, 0.05) is 6.42 Å². The van der Waals surface area contributed by atoms with Crippen LogP contribution in [-0.2, 0) is 9.59 Å². The molecule has 3 nitrogen and oxygen atoms in total. The zero-order chi connectivity index (χ0) is 9.35. The zero-order valence-corrected chi connectivity index (χ0v) is 7.46. The van der Waals surface area contributed by atoms with Crippen molar-refractivity contribution in [2.45, 2.75) is 33.1 Å². The molecular formula is C9H14O3. The van der Waals surface area contributed by atoms with E-state index in [0.29, 0.717) is 19.3 Å². The van der Waals surface area contributed by atoms with Crippen LogP contribution in [0.25, 0.3) is 0 Å². The molecule has 1 aliphatic carbocycles. The van der Waals surface area contributed by atoms with Crippen molar-refractivity contribution in [2.24, 2.45) is 11.3 Å². The second-order valence-corrected chi connectivity index (χ2v) is 3.91. The Hall–Kier alpha value is -0.860. The monoisotopic (exact) mass is 170 g/mol. The first-order valence-corrected chi connectivity index (χ1v) is 4.26. The molecule has 0 saturated heterocycles. The third-order valence-electron chi connectivity index (χ3n) is 2.29. The number of carbonyl (C=O) groups is 2. The summed E-state index contributed by atoms with van der Waals surface area (Å²) in [4.78, 5) is 22.1. The molecule has 68 valence electrons. The Morgan fingerprint density at radius 3 is 2.17 bits per heavy atom. The Morgan fingerprint density at radius 2 is 1.92 bits per heavy atom. The highest BCUT2D eigenvalue weighted by Gasteiger charge is 2.56. The fourth-order valence-corrected chi connectivity index (χ4v) is 1.30. The van der Waals surface area contributed by atoms with E-state index in [1.807, 2.05) is 13.8 Å². The molecule has 3 heteroatoms. The molecule has 1 rings (SSSR count). The number of aliphatic carboxylic acids is 1. The summed E-state index contributed by atoms with van der Waals surface area (Å²) in [5, 5.41) is 8.77. The maximum Gasteiger partial charge on any atom is 0.317 e. The molecule has 1 N–H and O–H groups in total. The highest BCUT2D eigenvalue weighted by Crippen LogP contribution is 2.47. The van der Waals surface area contributed by atoms with Crippen molar-refractivity contribution in [3.63, 3.8) is 0 Å². The Bertz CT molecular complexity index is 214. The van der Waals surface area contributed by atoms with Gasteiger partial charge in [0.2, 0.25) is 0 Å². The van der Waals surface area contributed by atoms with Gasteiger partial charge in [-0.3, -0.25) is 9.59 Å². The van der Waals surface area contributed by atoms with Crippen LogP contribution in [0.3, 0.4) is 0 Å². The van der Waals surface area contributed by atoms with Gasteiger partial charge in [-0.1, -0.05) is 13.8 Å². The van der Waals surface area contributed by atoms with Crippen LogP contribution < -0.4 is 0 Å². The molecule has 0 bridgehead atoms. The average Bonchev–Trinajstić information content (AvgIpc) is 2.63. The molecule has 0 unspecified atom stereocenters. The molecule has 0 aliphatic heterocycles. The summed E-state index contributed by atoms with van der Waals surface area (Å²) in [5.74, 6) is -0.771. The Labute approximate surface area is 71.8 Å². The molecule has 1 saturated carbocycles. The summed E-state index contributed by atoms with van der Waals surface area (Å²) >= 11 is 0. The predicted molar refractivity (Wildman–Crippen MR) is 43.8 cm³/mol. The Balaban J connectivity index is 2.58. The van der Waals surface area contributed by atoms with Gasteiger partial charge in [0.25, 0.3) is 0 Å². The van der Waals surface area contributed by atoms with Crippen LogP contribution in [-0.4, -0.2) is 16.9 Å². The molecule has 0 heterocycles. The minimum absolute atomic E-state index is 0.0926. The van der Waals surface area contributed by atoms with E-state index in [-0.39, 0.29) is 11.7 Å². The largest absolute Gasteiger partial charge is 0.480 e. The number of Topliss-reactive ketones (excluding diaryl/α,β-unsaturated/α-hetero) is 1. The third-order valence-corrected chi connectivity index (χ3v) is 2.29. The third kappa shape index (κ3) is 1.49. The van der Waals surface area contributed by atoms with Crippen LogP contribution in [0.5, 0.6) is 0 Å². The molecule has 0 aromatic heterocycles. The molecule has 0 radical (unpaired) electrons. The molecule has 0 amide bonds. The lowest BCUT2D eigenvalue weighted by Crippen LogP contribution is -2.26. The number of hydrogen-bond donors (Lipinski definition) is 1. The number of carbonyl (C=O) groups excluding carboxylic acids is 1. The zero-order valence-electron chi connectivity index (χ0n) is 7.46. The van der Waals surface area contributed by atoms with Crippen LogP contribution in [0.15, 0.2) is 0 Å². The number of rotatable bonds is 4. The van der Waals surface area contributed by atoms with Gasteiger partial charge in [-0.2, -0.15) is 0 Å². The predicted octanol–water partition coefficient (Wildman–Crippen LogP) is 1.47. The quantitative estimate of drug-likeness (QED) is 0.650. The van der Waals surface area contributed by atoms with Crippen LogP contribution in [0.1, 0.15) is 33.1 Å². The number of carboxylic acids is 1. The summed E-state index contributed by atoms with van der Waals surface area (Å²) in [5.41, 5.74) is -0.982. The van der Waals surface area contributed by atoms with Gasteiger partial charge in [0.1, 0.15) is 11.2 Å². The molecule has 1 aliphatic rings. The lowest BCUT2D eigenvalue weighted by Gasteiger charge is -2.09. The van der Waals surface area contributed by atoms with Crippen LogP contribution in [0, 0.1) is 11.3 Å². The fourth-order valence-electron chi connectivity index (χ4n) is 1.30. The van der Waals surface area contributed by atoms with E-state index in [2.05, 4.69) is 0 Å². The summed E-state index contributed by atoms with van der Waals surface area (Å²) in [6, 6.07) is 0. The van der Waals surface area contributed by atoms with E-state index in [0.717, 1.165) is 0 Å². The highest BCUT2D eigenvalue weighted by molar-refractivity contribution is 6.05. The van der Waals surface area contributed by atoms with E-state index >= 15 is 0 Å². The second-order valence-electron chi connectivity index (χ2n) is 3.91. The number of hydrogen-bond acceptors (Lipinski definition) is 2. The van der Waals surface area contributed by atoms with Crippen molar-refractivity contribution in [3.05, 3.63) is 0 Å². The van der Waals surface area contributed by atoms with Gasteiger partial charge in [-0.25, -0.2) is 0 Å². The molecule has 0 atom stereocenters. The highest BCUT2D eigenvalue weighted by atomic mass is 16.4. The van der Waals surface area contributed by atoms with Crippen LogP contribution >= 0.6 is 0 Å². The molecular weight excluding hydrogens is 156 g/mol. The van der Waals surface area contributed by atoms with Crippen molar-refractivity contribution in [2.75, 3.05) is 0 Å². The first kappa shape index (κ1) is 9.23. The van der Waals surface area contributed by atoms with Crippen molar-refractivity contribution in [1.82, 2.24) is 0 Å². The SMILES string of the molecule is CC(C)CC(=O)C1(C(=O)O)CC1. The van der Waals surface area contributed by atoms with Gasteiger partial charge in [0.05, 0.1) is 0 Å². The van der Waals surface area contributed by atoms with Gasteiger partial charge >= 0.3 is 5.97 Å². The Kier molecular flexibility index (Phi) is 2.22. The van der Waals surface area contributed by atoms with E-state index in [1.165, 1.54) is 0 Å². The first-order valence-electron chi connectivity index (χ1n) is 4.26. The molecule has 0 spiro atoms. The van der Waals surface area contributed by atoms with Crippen LogP contribution in [0.2, 0.25) is 0 Å². The van der Waals surface area contributed by atoms with Gasteiger partial charge in [0.15, 0.2) is 0 Å². The fraction of sp³-hybridized carbons (Fsp3) is 0.778. The van der Waals surface area contributed by atoms with E-state index < -0.39 is 11.4 Å². The second kappa shape index (κ2) is 2.88. The topological polar surface area (TPSA) is 54.4 Å². The van der Waals surface area contributed by atoms with Crippen molar-refractivity contribution in [1.29, 1.82) is 0 Å². The number of carboxylic acid groups (broad SMARTS) is 1. The average molecular weight is 170 g/mol. The lowest BCUT2D eigenvalue weighted by atomic mass is 9.94. The number of ketones is 1. The van der Waals surface area contributed by atoms with E-state index in [4.69, 9.17) is 5.11 Å². The summed E-state index contributed by atoms with van der Waals surface area (Å²) < 4.78 is 0. The molecule has 0 aromatic rings. The van der Waals surface area contributed by atoms with E-state index in [9.17, 15) is 9.59 Å². The first-order chi connectivity index (χ1) is 5.49. The molecule has 12 heavy (non-hydrogen) atoms. The van der Waals surface area contributed by atoms with Crippen molar-refractivity contribution < 1.29 is 14.7 Å². The molecule has 0 aromatic carbocycles. The van der Waals surface area contributed by atoms with Gasteiger partial charge < -0.3 is 5.11 Å². The minimum atomic E-state index is -0.982. The summed E-state index contributed by atoms with van der Waals surface area (Å²) in [6.45, 7) is 3.85. The standard InChI is InChI=1S/C9H14O3/c1-6(2)5-7(10)9(3-4-9)8(11)12/h6H,3-5H2,1-2H3,(H,11,12). The minimum Gasteiger partial charge on any atom is -0.480 e. The maximum absolute atomic E-state index is 11.4. The van der Waals surface area contributed by atoms with Crippen molar-refractivity contribution >= 4 is 11.8 Å². The maximum atomic E-state index is 11.4. The lowest BCUT2D eigenvalue weighted by molar-refractivity contribution is -0.148. The summed E-state index contributed by atoms with van der Waals surface area (Å²) in [7, 11) is 0. The van der Waals surface area contributed by atoms with Crippen molar-refractivity contribution in [3.8, 4) is 0 Å². The Morgan fingerprint density at radius 1 is 1.42 bits per heavy atom. The molecule has 1 fully saturated rings.